The van der Waals surface area contributed by atoms with Crippen molar-refractivity contribution in [1.29, 1.82) is 0 Å². The van der Waals surface area contributed by atoms with Crippen LogP contribution in [-0.4, -0.2) is 13.7 Å². The molecule has 0 aliphatic carbocycles. The third-order valence-electron chi connectivity index (χ3n) is 4.76. The molecule has 0 saturated carbocycles. The highest BCUT2D eigenvalue weighted by Crippen LogP contribution is 2.36. The molecule has 27 heavy (non-hydrogen) atoms. The fraction of sp³-hybridized carbons (Fsp3) is 0.100. The smallest absolute Gasteiger partial charge is 0.330 e. The van der Waals surface area contributed by atoms with Gasteiger partial charge in [-0.15, -0.1) is 0 Å². The minimum atomic E-state index is -0.392. The van der Waals surface area contributed by atoms with Crippen molar-refractivity contribution in [1.82, 2.24) is 13.7 Å². The number of anilines is 1. The summed E-state index contributed by atoms with van der Waals surface area (Å²) in [5.41, 5.74) is 8.48. The first kappa shape index (κ1) is 17.2. The van der Waals surface area contributed by atoms with Crippen LogP contribution in [0.5, 0.6) is 0 Å². The number of benzene rings is 2. The summed E-state index contributed by atoms with van der Waals surface area (Å²) in [5.74, 6) is 0. The zero-order valence-corrected chi connectivity index (χ0v) is 15.6. The molecule has 2 heterocycles. The molecule has 4 aromatic rings. The van der Waals surface area contributed by atoms with E-state index in [9.17, 15) is 9.59 Å². The minimum absolute atomic E-state index is 0.378. The van der Waals surface area contributed by atoms with E-state index in [1.807, 2.05) is 41.0 Å². The van der Waals surface area contributed by atoms with Crippen molar-refractivity contribution in [2.24, 2.45) is 14.1 Å². The molecule has 0 bridgehead atoms. The van der Waals surface area contributed by atoms with E-state index in [4.69, 9.17) is 17.3 Å². The Morgan fingerprint density at radius 2 is 1.59 bits per heavy atom. The van der Waals surface area contributed by atoms with Gasteiger partial charge in [0.2, 0.25) is 0 Å². The maximum absolute atomic E-state index is 13.0. The Kier molecular flexibility index (Phi) is 3.93. The summed E-state index contributed by atoms with van der Waals surface area (Å²) in [5, 5.41) is 0.917. The van der Waals surface area contributed by atoms with Gasteiger partial charge in [-0.05, 0) is 18.2 Å². The minimum Gasteiger partial charge on any atom is -0.397 e. The molecule has 6 nitrogen and oxygen atoms in total. The van der Waals surface area contributed by atoms with E-state index in [1.165, 1.54) is 11.6 Å². The van der Waals surface area contributed by atoms with Crippen molar-refractivity contribution in [2.75, 3.05) is 5.73 Å². The number of nitrogens with zero attached hydrogens (tertiary/aromatic N) is 3. The lowest BCUT2D eigenvalue weighted by Gasteiger charge is -2.13. The largest absolute Gasteiger partial charge is 0.397 e. The van der Waals surface area contributed by atoms with Gasteiger partial charge >= 0.3 is 5.69 Å². The second-order valence-corrected chi connectivity index (χ2v) is 6.76. The van der Waals surface area contributed by atoms with Crippen molar-refractivity contribution in [2.45, 2.75) is 0 Å². The molecule has 0 aliphatic rings. The van der Waals surface area contributed by atoms with Gasteiger partial charge in [0.1, 0.15) is 0 Å². The first-order chi connectivity index (χ1) is 12.9. The number of aryl methyl sites for hydroxylation is 1. The Balaban J connectivity index is 2.28. The topological polar surface area (TPSA) is 75.0 Å². The molecule has 0 amide bonds. The maximum Gasteiger partial charge on any atom is 0.330 e. The molecule has 0 aliphatic heterocycles. The van der Waals surface area contributed by atoms with Gasteiger partial charge in [0.05, 0.1) is 28.0 Å². The van der Waals surface area contributed by atoms with Crippen LogP contribution >= 0.6 is 11.6 Å². The number of halogens is 1. The molecular formula is C20H17ClN4O2. The van der Waals surface area contributed by atoms with Crippen LogP contribution in [0.1, 0.15) is 0 Å². The molecular weight excluding hydrogens is 364 g/mol. The zero-order chi connectivity index (χ0) is 19.3. The van der Waals surface area contributed by atoms with Crippen LogP contribution in [0.3, 0.4) is 0 Å². The van der Waals surface area contributed by atoms with Crippen LogP contribution < -0.4 is 17.0 Å². The predicted molar refractivity (Wildman–Crippen MR) is 109 cm³/mol. The Bertz CT molecular complexity index is 1310. The molecule has 0 atom stereocenters. The van der Waals surface area contributed by atoms with Crippen molar-refractivity contribution in [3.8, 4) is 16.9 Å². The van der Waals surface area contributed by atoms with E-state index in [-0.39, 0.29) is 5.56 Å². The highest BCUT2D eigenvalue weighted by molar-refractivity contribution is 6.33. The van der Waals surface area contributed by atoms with E-state index >= 15 is 0 Å². The number of nitrogen functional groups attached to an aromatic ring is 1. The summed E-state index contributed by atoms with van der Waals surface area (Å²) in [6.07, 6.45) is 1.75. The quantitative estimate of drug-likeness (QED) is 0.543. The second-order valence-electron chi connectivity index (χ2n) is 6.35. The molecule has 0 unspecified atom stereocenters. The monoisotopic (exact) mass is 380 g/mol. The summed E-state index contributed by atoms with van der Waals surface area (Å²) in [6.45, 7) is 0. The van der Waals surface area contributed by atoms with E-state index < -0.39 is 5.69 Å². The third-order valence-corrected chi connectivity index (χ3v) is 5.09. The first-order valence-electron chi connectivity index (χ1n) is 8.32. The molecule has 7 heteroatoms. The van der Waals surface area contributed by atoms with Gasteiger partial charge in [-0.2, -0.15) is 0 Å². The van der Waals surface area contributed by atoms with Crippen LogP contribution in [0.4, 0.5) is 5.69 Å². The van der Waals surface area contributed by atoms with E-state index in [1.54, 1.807) is 25.4 Å². The van der Waals surface area contributed by atoms with Crippen LogP contribution in [0.15, 0.2) is 64.3 Å². The van der Waals surface area contributed by atoms with Gasteiger partial charge in [0.25, 0.3) is 5.56 Å². The van der Waals surface area contributed by atoms with Gasteiger partial charge in [0.15, 0.2) is 0 Å². The SMILES string of the molecule is Cn1c(=O)c2c(-c3ccccc3Cl)n(-c3ccccc3N)cc2n(C)c1=O. The summed E-state index contributed by atoms with van der Waals surface area (Å²) in [6, 6.07) is 14.6. The lowest BCUT2D eigenvalue weighted by molar-refractivity contribution is 0.714. The predicted octanol–water partition coefficient (Wildman–Crippen LogP) is 2.93. The summed E-state index contributed by atoms with van der Waals surface area (Å²) in [7, 11) is 3.11. The molecule has 0 spiro atoms. The van der Waals surface area contributed by atoms with Crippen LogP contribution in [-0.2, 0) is 14.1 Å². The van der Waals surface area contributed by atoms with Crippen molar-refractivity contribution < 1.29 is 0 Å². The number of para-hydroxylation sites is 2. The molecule has 2 aromatic carbocycles. The maximum atomic E-state index is 13.0. The summed E-state index contributed by atoms with van der Waals surface area (Å²) < 4.78 is 4.37. The molecule has 0 saturated heterocycles. The molecule has 136 valence electrons. The Morgan fingerprint density at radius 1 is 0.926 bits per heavy atom. The van der Waals surface area contributed by atoms with Crippen molar-refractivity contribution in [3.63, 3.8) is 0 Å². The fourth-order valence-corrected chi connectivity index (χ4v) is 3.58. The molecule has 0 radical (unpaired) electrons. The van der Waals surface area contributed by atoms with E-state index in [0.717, 1.165) is 4.57 Å². The number of rotatable bonds is 2. The first-order valence-corrected chi connectivity index (χ1v) is 8.70. The second kappa shape index (κ2) is 6.17. The normalized spacial score (nSPS) is 11.2. The van der Waals surface area contributed by atoms with E-state index in [0.29, 0.717) is 38.6 Å². The van der Waals surface area contributed by atoms with Crippen LogP contribution in [0.25, 0.3) is 27.8 Å². The molecule has 0 fully saturated rings. The molecule has 2 N–H and O–H groups in total. The Labute approximate surface area is 159 Å². The lowest BCUT2D eigenvalue weighted by Crippen LogP contribution is -2.36. The van der Waals surface area contributed by atoms with Crippen molar-refractivity contribution in [3.05, 3.63) is 80.6 Å². The zero-order valence-electron chi connectivity index (χ0n) is 14.8. The summed E-state index contributed by atoms with van der Waals surface area (Å²) in [4.78, 5) is 25.4. The number of aromatic nitrogens is 3. The Morgan fingerprint density at radius 3 is 2.30 bits per heavy atom. The average Bonchev–Trinajstić information content (AvgIpc) is 3.05. The van der Waals surface area contributed by atoms with Gasteiger partial charge < -0.3 is 10.3 Å². The highest BCUT2D eigenvalue weighted by atomic mass is 35.5. The number of nitrogens with two attached hydrogens (primary N) is 1. The van der Waals surface area contributed by atoms with Crippen LogP contribution in [0.2, 0.25) is 5.02 Å². The van der Waals surface area contributed by atoms with E-state index in [2.05, 4.69) is 0 Å². The highest BCUT2D eigenvalue weighted by Gasteiger charge is 2.22. The fourth-order valence-electron chi connectivity index (χ4n) is 3.36. The molecule has 4 rings (SSSR count). The standard InChI is InChI=1S/C20H17ClN4O2/c1-23-16-11-25(15-10-6-5-9-14(15)22)18(12-7-3-4-8-13(12)21)17(16)19(26)24(2)20(23)27/h3-11H,22H2,1-2H3. The summed E-state index contributed by atoms with van der Waals surface area (Å²) >= 11 is 6.46. The molecule has 2 aromatic heterocycles. The Hall–Kier alpha value is -3.25. The lowest BCUT2D eigenvalue weighted by atomic mass is 10.1. The van der Waals surface area contributed by atoms with Gasteiger partial charge in [-0.1, -0.05) is 41.9 Å². The van der Waals surface area contributed by atoms with Crippen LogP contribution in [0, 0.1) is 0 Å². The van der Waals surface area contributed by atoms with Crippen molar-refractivity contribution >= 4 is 28.2 Å². The van der Waals surface area contributed by atoms with Gasteiger partial charge in [-0.25, -0.2) is 4.79 Å². The number of hydrogen-bond donors (Lipinski definition) is 1. The van der Waals surface area contributed by atoms with Gasteiger partial charge in [0, 0.05) is 30.9 Å². The third kappa shape index (κ3) is 2.49. The van der Waals surface area contributed by atoms with Gasteiger partial charge in [-0.3, -0.25) is 13.9 Å². The average molecular weight is 381 g/mol. The number of hydrogen-bond acceptors (Lipinski definition) is 3. The number of fused-ring (bicyclic) bond motifs is 1.